The van der Waals surface area contributed by atoms with Gasteiger partial charge in [0.25, 0.3) is 0 Å². The Morgan fingerprint density at radius 2 is 0.597 bits per heavy atom. The normalized spacial score (nSPS) is 12.0. The first kappa shape index (κ1) is 78.4. The van der Waals surface area contributed by atoms with E-state index in [1.165, 1.54) is 0 Å². The van der Waals surface area contributed by atoms with E-state index in [1.54, 1.807) is 0 Å². The molecular weight excluding hydrogens is 1690 g/mol. The molecule has 44 heteroatoms. The Morgan fingerprint density at radius 3 is 0.966 bits per heavy atom. The van der Waals surface area contributed by atoms with Gasteiger partial charge in [-0.3, -0.25) is 0 Å². The van der Waals surface area contributed by atoms with Gasteiger partial charge in [0.15, 0.2) is 40.7 Å². The predicted molar refractivity (Wildman–Crippen MR) is 353 cm³/mol. The summed E-state index contributed by atoms with van der Waals surface area (Å²) in [5.74, 6) is -47.0. The van der Waals surface area contributed by atoms with Gasteiger partial charge in [-0.25, -0.2) is 82.3 Å². The SMILES string of the molecule is C=C(F)C(=O)Oc1cc(F)cc(F)c1.C=C(F)C(=O)Oc1ccc(F)c(F)c1.C=C(F)C(=O)Oc1ccc(F)c(F)c1F.[2H]c1c(F)c([2H])c(OC(=O)C(=C)F)c([2H])c1F.[2H]c1c([2H])c(OC(=O)C(=C)F)c([2H])c(C(F)(F)F)c1[2H].[2H]c1c([2H])c(OC(=O)C(=C)F)c([2H])c(C(F)(F)F)c1[2H].[2H]c1c([2H])c(OC(=O)C(=C)F)c([2H])c(F)c1F.[2H]c1ccc(OC(=O)C(=C)F)cc1C(F)(F)F. The lowest BCUT2D eigenvalue weighted by Crippen LogP contribution is -2.09. The summed E-state index contributed by atoms with van der Waals surface area (Å²) in [5.41, 5.74) is -4.95. The first-order valence-corrected chi connectivity index (χ1v) is 28.6. The van der Waals surface area contributed by atoms with E-state index >= 15 is 0 Å². The maximum atomic E-state index is 13.1. The number of halogens is 28. The molecule has 0 saturated heterocycles. The molecule has 0 fully saturated rings. The van der Waals surface area contributed by atoms with Gasteiger partial charge < -0.3 is 37.9 Å². The minimum Gasteiger partial charge on any atom is -0.421 e. The molecule has 8 aromatic rings. The highest BCUT2D eigenvalue weighted by Gasteiger charge is 2.33. The van der Waals surface area contributed by atoms with Crippen LogP contribution in [-0.4, -0.2) is 47.8 Å². The molecule has 0 bridgehead atoms. The molecule has 0 spiro atoms. The summed E-state index contributed by atoms with van der Waals surface area (Å²) in [5, 5.41) is 0. The minimum absolute atomic E-state index is 0.285. The highest BCUT2D eigenvalue weighted by atomic mass is 19.4. The molecule has 634 valence electrons. The third kappa shape index (κ3) is 39.4. The molecule has 8 aromatic carbocycles. The molecule has 0 aliphatic heterocycles. The molecule has 0 saturated carbocycles. The van der Waals surface area contributed by atoms with E-state index in [9.17, 15) is 161 Å². The molecule has 8 rings (SSSR count). The van der Waals surface area contributed by atoms with Crippen molar-refractivity contribution in [3.05, 3.63) is 337 Å². The lowest BCUT2D eigenvalue weighted by molar-refractivity contribution is -0.138. The van der Waals surface area contributed by atoms with E-state index in [4.69, 9.17) is 20.6 Å². The van der Waals surface area contributed by atoms with Crippen LogP contribution in [0.25, 0.3) is 0 Å². The maximum Gasteiger partial charge on any atom is 0.416 e. The van der Waals surface area contributed by atoms with Crippen LogP contribution in [0.2, 0.25) is 0 Å². The second-order valence-electron chi connectivity index (χ2n) is 19.2. The second kappa shape index (κ2) is 47.4. The largest absolute Gasteiger partial charge is 0.421 e. The van der Waals surface area contributed by atoms with E-state index < -0.39 is 324 Å². The fourth-order valence-corrected chi connectivity index (χ4v) is 5.50. The highest BCUT2D eigenvalue weighted by Crippen LogP contribution is 2.35. The Hall–Kier alpha value is -14.5. The molecule has 0 amide bonds. The van der Waals surface area contributed by atoms with Crippen LogP contribution in [-0.2, 0) is 56.9 Å². The number of hydrogen-bond donors (Lipinski definition) is 0. The van der Waals surface area contributed by atoms with Crippen molar-refractivity contribution in [2.24, 2.45) is 0 Å². The second-order valence-corrected chi connectivity index (χ2v) is 19.2. The number of hydrogen-bond acceptors (Lipinski definition) is 16. The van der Waals surface area contributed by atoms with E-state index in [1.807, 2.05) is 0 Å². The quantitative estimate of drug-likeness (QED) is 0.0289. The summed E-state index contributed by atoms with van der Waals surface area (Å²) in [7, 11) is 0. The molecule has 119 heavy (non-hydrogen) atoms. The van der Waals surface area contributed by atoms with Crippen LogP contribution in [0.3, 0.4) is 0 Å². The van der Waals surface area contributed by atoms with Crippen molar-refractivity contribution < 1.29 is 220 Å². The molecular formula is C75H42F28O16. The van der Waals surface area contributed by atoms with Crippen molar-refractivity contribution in [1.82, 2.24) is 0 Å². The van der Waals surface area contributed by atoms with Crippen molar-refractivity contribution in [1.29, 1.82) is 0 Å². The zero-order valence-electron chi connectivity index (χ0n) is 72.1. The number of carbonyl (C=O) groups excluding carboxylic acids is 8. The third-order valence-corrected chi connectivity index (χ3v) is 10.3. The minimum atomic E-state index is -5.16. The molecule has 0 unspecified atom stereocenters. The van der Waals surface area contributed by atoms with Gasteiger partial charge in [-0.2, -0.15) is 79.0 Å². The number of rotatable bonds is 16. The van der Waals surface area contributed by atoms with Crippen LogP contribution in [0, 0.1) is 64.0 Å². The number of benzene rings is 8. The molecule has 0 aromatic heterocycles. The van der Waals surface area contributed by atoms with Gasteiger partial charge in [0.1, 0.15) is 63.5 Å². The first-order chi connectivity index (χ1) is 61.1. The van der Waals surface area contributed by atoms with E-state index in [-0.39, 0.29) is 5.75 Å². The van der Waals surface area contributed by atoms with Crippen molar-refractivity contribution in [3.8, 4) is 46.0 Å². The summed E-state index contributed by atoms with van der Waals surface area (Å²) in [4.78, 5) is 85.9. The summed E-state index contributed by atoms with van der Waals surface area (Å²) in [6.07, 6.45) is -15.1. The Labute approximate surface area is 668 Å². The Kier molecular flexibility index (Phi) is 31.2. The molecule has 0 N–H and O–H groups in total. The summed E-state index contributed by atoms with van der Waals surface area (Å²) >= 11 is 0. The van der Waals surface area contributed by atoms with Crippen LogP contribution >= 0.6 is 0 Å². The monoisotopic (exact) mass is 1750 g/mol. The van der Waals surface area contributed by atoms with Crippen molar-refractivity contribution in [3.63, 3.8) is 0 Å². The van der Waals surface area contributed by atoms with E-state index in [0.29, 0.717) is 30.3 Å². The van der Waals surface area contributed by atoms with Crippen LogP contribution in [0.15, 0.2) is 257 Å². The Morgan fingerprint density at radius 1 is 0.261 bits per heavy atom. The molecule has 0 atom stereocenters. The standard InChI is InChI=1S/3C10H6F4O2.C9H4F4O2.4C9H5F3O2/c3*1-6(11)9(15)16-8-4-2-3-7(5-8)10(12,13)14;1-4(10)9(14)15-6-3-2-5(11)7(12)8(6)13;2*1-5(10)9(13)14-8-3-6(11)2-7(12)4-8;2*1-5(10)9(13)14-6-2-3-7(11)8(12)4-6/h3*2-5H,1H2;2-3H,1H2;4*2-4H,1H2/i2*2D,3D,4D,5D;3D;;2D,3D,4D;;2D,3D,4D;. The number of alkyl halides is 9. The van der Waals surface area contributed by atoms with Crippen LogP contribution < -0.4 is 37.9 Å². The van der Waals surface area contributed by atoms with Gasteiger partial charge in [-0.1, -0.05) is 70.8 Å². The van der Waals surface area contributed by atoms with E-state index in [0.717, 1.165) is 36.4 Å². The Bertz CT molecular complexity index is 5780. The smallest absolute Gasteiger partial charge is 0.416 e. The zero-order valence-corrected chi connectivity index (χ0v) is 57.1. The van der Waals surface area contributed by atoms with E-state index in [2.05, 4.69) is 90.5 Å². The summed E-state index contributed by atoms with van der Waals surface area (Å²) in [6.45, 7) is 20.9. The lowest BCUT2D eigenvalue weighted by Gasteiger charge is -2.08. The van der Waals surface area contributed by atoms with Crippen molar-refractivity contribution in [2.45, 2.75) is 18.5 Å². The van der Waals surface area contributed by atoms with Gasteiger partial charge in [0.2, 0.25) is 52.4 Å². The molecule has 16 nitrogen and oxygen atoms in total. The lowest BCUT2D eigenvalue weighted by atomic mass is 10.2. The average Bonchev–Trinajstić information content (AvgIpc) is 0.703. The van der Waals surface area contributed by atoms with Gasteiger partial charge in [-0.05, 0) is 90.8 Å². The third-order valence-electron chi connectivity index (χ3n) is 10.3. The fraction of sp³-hybridized carbons (Fsp3) is 0.0400. The maximum absolute atomic E-state index is 13.1. The highest BCUT2D eigenvalue weighted by molar-refractivity contribution is 5.90. The molecule has 0 heterocycles. The average molecular weight is 1750 g/mol. The zero-order chi connectivity index (χ0) is 105. The van der Waals surface area contributed by atoms with Crippen molar-refractivity contribution in [2.75, 3.05) is 0 Å². The van der Waals surface area contributed by atoms with Crippen LogP contribution in [0.5, 0.6) is 46.0 Å². The predicted octanol–water partition coefficient (Wildman–Crippen LogP) is 21.2. The van der Waals surface area contributed by atoms with Gasteiger partial charge >= 0.3 is 66.3 Å². The van der Waals surface area contributed by atoms with Crippen LogP contribution in [0.1, 0.15) is 37.3 Å². The van der Waals surface area contributed by atoms with Gasteiger partial charge in [0, 0.05) is 48.4 Å². The van der Waals surface area contributed by atoms with Gasteiger partial charge in [0.05, 0.1) is 37.3 Å². The Balaban J connectivity index is 0.000000768. The van der Waals surface area contributed by atoms with Crippen LogP contribution in [0.4, 0.5) is 123 Å². The van der Waals surface area contributed by atoms with Crippen molar-refractivity contribution >= 4 is 47.8 Å². The number of ether oxygens (including phenoxy) is 8. The summed E-state index contributed by atoms with van der Waals surface area (Å²) < 4.78 is 492. The molecule has 0 radical (unpaired) electrons. The number of carbonyl (C=O) groups is 8. The topological polar surface area (TPSA) is 210 Å². The molecule has 0 aliphatic carbocycles. The first-order valence-electron chi connectivity index (χ1n) is 36.1. The number of esters is 8. The summed E-state index contributed by atoms with van der Waals surface area (Å²) in [6, 6.07) is -10.3. The fourth-order valence-electron chi connectivity index (χ4n) is 5.50. The van der Waals surface area contributed by atoms with Gasteiger partial charge in [-0.15, -0.1) is 0 Å². The molecule has 0 aliphatic rings.